The normalized spacial score (nSPS) is 9.92. The van der Waals surface area contributed by atoms with Gasteiger partial charge in [-0.05, 0) is 24.6 Å². The lowest BCUT2D eigenvalue weighted by Gasteiger charge is -2.02. The summed E-state index contributed by atoms with van der Waals surface area (Å²) in [4.78, 5) is 10.6. The lowest BCUT2D eigenvalue weighted by molar-refractivity contribution is 0.0696. The molecule has 2 nitrogen and oxygen atoms in total. The molecule has 0 aromatic heterocycles. The zero-order chi connectivity index (χ0) is 9.30. The van der Waals surface area contributed by atoms with Gasteiger partial charge < -0.3 is 5.11 Å². The molecule has 0 saturated carbocycles. The van der Waals surface area contributed by atoms with Crippen molar-refractivity contribution in [3.05, 3.63) is 33.3 Å². The summed E-state index contributed by atoms with van der Waals surface area (Å²) < 4.78 is 0. The second-order valence-corrected chi connectivity index (χ2v) is 3.21. The van der Waals surface area contributed by atoms with Crippen molar-refractivity contribution in [2.75, 3.05) is 0 Å². The number of carboxylic acids is 1. The SMILES string of the molecule is Cc1c(Cl)cc(Cl)cc1C(=O)O. The molecule has 0 heterocycles. The van der Waals surface area contributed by atoms with Crippen LogP contribution in [0.4, 0.5) is 0 Å². The molecular weight excluding hydrogens is 199 g/mol. The van der Waals surface area contributed by atoms with Crippen molar-refractivity contribution in [1.29, 1.82) is 0 Å². The van der Waals surface area contributed by atoms with Crippen molar-refractivity contribution >= 4 is 29.2 Å². The molecule has 0 amide bonds. The molecule has 1 aromatic rings. The van der Waals surface area contributed by atoms with Gasteiger partial charge in [-0.15, -0.1) is 0 Å². The molecule has 0 bridgehead atoms. The van der Waals surface area contributed by atoms with Crippen LogP contribution in [0.25, 0.3) is 0 Å². The maximum atomic E-state index is 10.6. The highest BCUT2D eigenvalue weighted by Gasteiger charge is 2.10. The summed E-state index contributed by atoms with van der Waals surface area (Å²) in [5.74, 6) is -1.02. The predicted molar refractivity (Wildman–Crippen MR) is 48.2 cm³/mol. The van der Waals surface area contributed by atoms with Crippen LogP contribution in [0.3, 0.4) is 0 Å². The van der Waals surface area contributed by atoms with Gasteiger partial charge in [-0.1, -0.05) is 23.2 Å². The van der Waals surface area contributed by atoms with E-state index < -0.39 is 5.97 Å². The molecule has 0 fully saturated rings. The summed E-state index contributed by atoms with van der Waals surface area (Å²) in [6, 6.07) is 2.90. The van der Waals surface area contributed by atoms with Gasteiger partial charge in [-0.3, -0.25) is 0 Å². The Morgan fingerprint density at radius 2 is 2.00 bits per heavy atom. The molecule has 64 valence electrons. The van der Waals surface area contributed by atoms with E-state index >= 15 is 0 Å². The lowest BCUT2D eigenvalue weighted by atomic mass is 10.1. The standard InChI is InChI=1S/C8H6Cl2O2/c1-4-6(8(11)12)2-5(9)3-7(4)10/h2-3H,1H3,(H,11,12). The van der Waals surface area contributed by atoms with Crippen LogP contribution >= 0.6 is 23.2 Å². The molecule has 0 unspecified atom stereocenters. The summed E-state index contributed by atoms with van der Waals surface area (Å²) in [6.07, 6.45) is 0. The van der Waals surface area contributed by atoms with E-state index in [9.17, 15) is 4.79 Å². The number of hydrogen-bond acceptors (Lipinski definition) is 1. The minimum Gasteiger partial charge on any atom is -0.478 e. The fourth-order valence-corrected chi connectivity index (χ4v) is 1.36. The monoisotopic (exact) mass is 204 g/mol. The summed E-state index contributed by atoms with van der Waals surface area (Å²) in [6.45, 7) is 1.64. The Kier molecular flexibility index (Phi) is 2.60. The molecule has 0 aliphatic carbocycles. The summed E-state index contributed by atoms with van der Waals surface area (Å²) in [5, 5.41) is 9.41. The third-order valence-electron chi connectivity index (χ3n) is 1.54. The molecule has 0 atom stereocenters. The van der Waals surface area contributed by atoms with Crippen molar-refractivity contribution in [1.82, 2.24) is 0 Å². The van der Waals surface area contributed by atoms with Crippen LogP contribution in [0.5, 0.6) is 0 Å². The minimum absolute atomic E-state index is 0.146. The van der Waals surface area contributed by atoms with Crippen LogP contribution in [0.1, 0.15) is 15.9 Å². The number of carboxylic acid groups (broad SMARTS) is 1. The second-order valence-electron chi connectivity index (χ2n) is 2.37. The van der Waals surface area contributed by atoms with Crippen molar-refractivity contribution in [2.45, 2.75) is 6.92 Å². The number of aromatic carboxylic acids is 1. The van der Waals surface area contributed by atoms with Crippen molar-refractivity contribution in [2.24, 2.45) is 0 Å². The van der Waals surface area contributed by atoms with Crippen LogP contribution in [0.15, 0.2) is 12.1 Å². The first-order chi connectivity index (χ1) is 5.52. The third-order valence-corrected chi connectivity index (χ3v) is 2.15. The first-order valence-electron chi connectivity index (χ1n) is 3.21. The van der Waals surface area contributed by atoms with Crippen molar-refractivity contribution in [3.63, 3.8) is 0 Å². The van der Waals surface area contributed by atoms with Gasteiger partial charge in [0, 0.05) is 10.0 Å². The maximum absolute atomic E-state index is 10.6. The number of benzene rings is 1. The van der Waals surface area contributed by atoms with E-state index in [4.69, 9.17) is 28.3 Å². The molecule has 1 N–H and O–H groups in total. The Hall–Kier alpha value is -0.730. The zero-order valence-corrected chi connectivity index (χ0v) is 7.78. The van der Waals surface area contributed by atoms with Gasteiger partial charge in [0.25, 0.3) is 0 Å². The largest absolute Gasteiger partial charge is 0.478 e. The van der Waals surface area contributed by atoms with Gasteiger partial charge >= 0.3 is 5.97 Å². The van der Waals surface area contributed by atoms with Gasteiger partial charge in [0.15, 0.2) is 0 Å². The van der Waals surface area contributed by atoms with E-state index in [-0.39, 0.29) is 5.56 Å². The van der Waals surface area contributed by atoms with Crippen molar-refractivity contribution in [3.8, 4) is 0 Å². The Morgan fingerprint density at radius 1 is 1.42 bits per heavy atom. The molecule has 1 aromatic carbocycles. The van der Waals surface area contributed by atoms with E-state index in [1.54, 1.807) is 6.92 Å². The van der Waals surface area contributed by atoms with Crippen LogP contribution in [-0.4, -0.2) is 11.1 Å². The van der Waals surface area contributed by atoms with E-state index in [1.165, 1.54) is 12.1 Å². The molecule has 0 aliphatic rings. The second kappa shape index (κ2) is 3.33. The molecule has 1 rings (SSSR count). The Morgan fingerprint density at radius 3 is 2.50 bits per heavy atom. The summed E-state index contributed by atoms with van der Waals surface area (Å²) in [5.41, 5.74) is 0.682. The summed E-state index contributed by atoms with van der Waals surface area (Å²) >= 11 is 11.3. The van der Waals surface area contributed by atoms with Gasteiger partial charge in [-0.2, -0.15) is 0 Å². The quantitative estimate of drug-likeness (QED) is 0.764. The highest BCUT2D eigenvalue weighted by molar-refractivity contribution is 6.35. The Labute approximate surface area is 79.7 Å². The topological polar surface area (TPSA) is 37.3 Å². The highest BCUT2D eigenvalue weighted by Crippen LogP contribution is 2.24. The number of halogens is 2. The molecule has 4 heteroatoms. The fraction of sp³-hybridized carbons (Fsp3) is 0.125. The highest BCUT2D eigenvalue weighted by atomic mass is 35.5. The molecule has 0 saturated heterocycles. The van der Waals surface area contributed by atoms with Gasteiger partial charge in [0.1, 0.15) is 0 Å². The van der Waals surface area contributed by atoms with E-state index in [0.717, 1.165) is 0 Å². The average molecular weight is 205 g/mol. The first kappa shape index (κ1) is 9.36. The fourth-order valence-electron chi connectivity index (χ4n) is 0.868. The van der Waals surface area contributed by atoms with Crippen molar-refractivity contribution < 1.29 is 9.90 Å². The molecule has 0 radical (unpaired) electrons. The first-order valence-corrected chi connectivity index (χ1v) is 3.97. The van der Waals surface area contributed by atoms with Crippen LogP contribution in [0.2, 0.25) is 10.0 Å². The molecular formula is C8H6Cl2O2. The van der Waals surface area contributed by atoms with E-state index in [2.05, 4.69) is 0 Å². The minimum atomic E-state index is -1.02. The average Bonchev–Trinajstić information content (AvgIpc) is 1.96. The zero-order valence-electron chi connectivity index (χ0n) is 6.27. The maximum Gasteiger partial charge on any atom is 0.336 e. The molecule has 12 heavy (non-hydrogen) atoms. The lowest BCUT2D eigenvalue weighted by Crippen LogP contribution is -1.99. The number of rotatable bonds is 1. The Balaban J connectivity index is 3.37. The Bertz CT molecular complexity index is 334. The molecule has 0 spiro atoms. The van der Waals surface area contributed by atoms with Crippen LogP contribution in [0, 0.1) is 6.92 Å². The summed E-state index contributed by atoms with van der Waals surface area (Å²) in [7, 11) is 0. The third kappa shape index (κ3) is 1.71. The van der Waals surface area contributed by atoms with Gasteiger partial charge in [0.2, 0.25) is 0 Å². The molecule has 0 aliphatic heterocycles. The number of hydrogen-bond donors (Lipinski definition) is 1. The predicted octanol–water partition coefficient (Wildman–Crippen LogP) is 3.00. The van der Waals surface area contributed by atoms with Gasteiger partial charge in [-0.25, -0.2) is 4.79 Å². The van der Waals surface area contributed by atoms with Gasteiger partial charge in [0.05, 0.1) is 5.56 Å². The smallest absolute Gasteiger partial charge is 0.336 e. The number of carbonyl (C=O) groups is 1. The van der Waals surface area contributed by atoms with Crippen LogP contribution < -0.4 is 0 Å². The van der Waals surface area contributed by atoms with E-state index in [0.29, 0.717) is 15.6 Å². The van der Waals surface area contributed by atoms with E-state index in [1.807, 2.05) is 0 Å². The van der Waals surface area contributed by atoms with Crippen LogP contribution in [-0.2, 0) is 0 Å².